The molecule has 4 rings (SSSR count). The highest BCUT2D eigenvalue weighted by atomic mass is 16.6. The molecule has 0 N–H and O–H groups in total. The fourth-order valence-electron chi connectivity index (χ4n) is 2.44. The van der Waals surface area contributed by atoms with Crippen LogP contribution in [-0.2, 0) is 19.0 Å². The van der Waals surface area contributed by atoms with Crippen molar-refractivity contribution in [2.75, 3.05) is 6.61 Å². The second-order valence-electron chi connectivity index (χ2n) is 5.67. The fourth-order valence-corrected chi connectivity index (χ4v) is 2.44. The maximum atomic E-state index is 12.2. The van der Waals surface area contributed by atoms with Crippen LogP contribution in [0.3, 0.4) is 0 Å². The maximum absolute atomic E-state index is 12.2. The third-order valence-corrected chi connectivity index (χ3v) is 3.80. The van der Waals surface area contributed by atoms with Crippen LogP contribution >= 0.6 is 0 Å². The van der Waals surface area contributed by atoms with Crippen LogP contribution in [-0.4, -0.2) is 36.7 Å². The number of rotatable bonds is 0. The molecule has 0 spiro atoms. The van der Waals surface area contributed by atoms with E-state index in [1.54, 1.807) is 13.8 Å². The molecule has 1 fully saturated rings. The first kappa shape index (κ1) is 13.6. The molecule has 1 aromatic rings. The molecule has 6 nitrogen and oxygen atoms in total. The minimum atomic E-state index is -0.986. The van der Waals surface area contributed by atoms with Gasteiger partial charge in [0, 0.05) is 0 Å². The van der Waals surface area contributed by atoms with Crippen molar-refractivity contribution >= 4 is 17.9 Å². The topological polar surface area (TPSA) is 78.9 Å². The second-order valence-corrected chi connectivity index (χ2v) is 5.67. The molecule has 1 saturated heterocycles. The van der Waals surface area contributed by atoms with Crippen LogP contribution in [0.1, 0.15) is 34.6 Å². The predicted octanol–water partition coefficient (Wildman–Crippen LogP) is 1.33. The van der Waals surface area contributed by atoms with Gasteiger partial charge in [-0.3, -0.25) is 4.79 Å². The minimum absolute atomic E-state index is 0.146. The van der Waals surface area contributed by atoms with Gasteiger partial charge in [-0.25, -0.2) is 9.59 Å². The number of hydrogen-bond donors (Lipinski definition) is 0. The van der Waals surface area contributed by atoms with E-state index in [4.69, 9.17) is 14.2 Å². The summed E-state index contributed by atoms with van der Waals surface area (Å²) >= 11 is 0. The molecule has 3 aliphatic heterocycles. The van der Waals surface area contributed by atoms with Crippen molar-refractivity contribution in [2.45, 2.75) is 26.1 Å². The molecule has 0 radical (unpaired) electrons. The zero-order valence-corrected chi connectivity index (χ0v) is 11.6. The van der Waals surface area contributed by atoms with E-state index in [0.717, 1.165) is 0 Å². The van der Waals surface area contributed by atoms with E-state index in [1.165, 1.54) is 24.3 Å². The smallest absolute Gasteiger partial charge is 0.338 e. The Balaban J connectivity index is 1.99. The summed E-state index contributed by atoms with van der Waals surface area (Å²) in [7, 11) is 0. The lowest BCUT2D eigenvalue weighted by molar-refractivity contribution is -0.148. The first-order valence-corrected chi connectivity index (χ1v) is 6.59. The summed E-state index contributed by atoms with van der Waals surface area (Å²) in [4.78, 5) is 35.9. The van der Waals surface area contributed by atoms with Gasteiger partial charge in [0.15, 0.2) is 12.2 Å². The molecule has 3 aliphatic rings. The van der Waals surface area contributed by atoms with Gasteiger partial charge in [-0.15, -0.1) is 0 Å². The molecular weight excluding hydrogens is 276 g/mol. The number of ether oxygens (including phenoxy) is 3. The summed E-state index contributed by atoms with van der Waals surface area (Å²) in [6.45, 7) is 3.13. The first-order valence-electron chi connectivity index (χ1n) is 6.59. The molecular formula is C15H14O6. The van der Waals surface area contributed by atoms with E-state index < -0.39 is 35.5 Å². The van der Waals surface area contributed by atoms with Gasteiger partial charge >= 0.3 is 17.9 Å². The number of benzene rings is 1. The van der Waals surface area contributed by atoms with Crippen LogP contribution in [0.2, 0.25) is 0 Å². The van der Waals surface area contributed by atoms with E-state index in [1.807, 2.05) is 0 Å². The van der Waals surface area contributed by atoms with Crippen molar-refractivity contribution < 1.29 is 28.6 Å². The molecule has 0 aromatic heterocycles. The van der Waals surface area contributed by atoms with Crippen LogP contribution in [0.15, 0.2) is 24.3 Å². The molecule has 6 heteroatoms. The second kappa shape index (κ2) is 4.58. The van der Waals surface area contributed by atoms with E-state index in [9.17, 15) is 14.4 Å². The third-order valence-electron chi connectivity index (χ3n) is 3.80. The molecule has 0 amide bonds. The van der Waals surface area contributed by atoms with Crippen LogP contribution in [0.4, 0.5) is 0 Å². The number of fused-ring (bicyclic) bond motifs is 5. The zero-order valence-electron chi connectivity index (χ0n) is 11.6. The summed E-state index contributed by atoms with van der Waals surface area (Å²) in [5.41, 5.74) is -0.351. The lowest BCUT2D eigenvalue weighted by Gasteiger charge is -2.24. The van der Waals surface area contributed by atoms with E-state index in [0.29, 0.717) is 11.1 Å². The van der Waals surface area contributed by atoms with Crippen LogP contribution < -0.4 is 0 Å². The third kappa shape index (κ3) is 2.16. The number of esters is 3. The Labute approximate surface area is 121 Å². The molecule has 3 heterocycles. The minimum Gasteiger partial charge on any atom is -0.458 e. The van der Waals surface area contributed by atoms with Gasteiger partial charge < -0.3 is 14.2 Å². The molecule has 2 atom stereocenters. The zero-order chi connectivity index (χ0) is 15.2. The highest BCUT2D eigenvalue weighted by molar-refractivity contribution is 5.94. The highest BCUT2D eigenvalue weighted by Gasteiger charge is 2.54. The number of hydrogen-bond acceptors (Lipinski definition) is 6. The van der Waals surface area contributed by atoms with Gasteiger partial charge in [-0.05, 0) is 38.1 Å². The lowest BCUT2D eigenvalue weighted by atomic mass is 9.86. The normalized spacial score (nSPS) is 27.2. The van der Waals surface area contributed by atoms with Gasteiger partial charge in [-0.2, -0.15) is 0 Å². The Morgan fingerprint density at radius 3 is 2.14 bits per heavy atom. The van der Waals surface area contributed by atoms with Crippen molar-refractivity contribution in [3.8, 4) is 0 Å². The fraction of sp³-hybridized carbons (Fsp3) is 0.400. The Morgan fingerprint density at radius 1 is 0.952 bits per heavy atom. The van der Waals surface area contributed by atoms with E-state index >= 15 is 0 Å². The van der Waals surface area contributed by atoms with Crippen LogP contribution in [0.5, 0.6) is 0 Å². The van der Waals surface area contributed by atoms with Crippen LogP contribution in [0, 0.1) is 5.41 Å². The summed E-state index contributed by atoms with van der Waals surface area (Å²) in [6, 6.07) is 5.97. The number of carbonyl (C=O) groups excluding carboxylic acids is 3. The summed E-state index contributed by atoms with van der Waals surface area (Å²) < 4.78 is 15.8. The van der Waals surface area contributed by atoms with Gasteiger partial charge in [0.05, 0.1) is 11.1 Å². The van der Waals surface area contributed by atoms with Crippen molar-refractivity contribution in [1.29, 1.82) is 0 Å². The van der Waals surface area contributed by atoms with Gasteiger partial charge in [0.1, 0.15) is 12.0 Å². The van der Waals surface area contributed by atoms with E-state index in [-0.39, 0.29) is 6.61 Å². The maximum Gasteiger partial charge on any atom is 0.338 e. The van der Waals surface area contributed by atoms with Crippen molar-refractivity contribution in [3.63, 3.8) is 0 Å². The van der Waals surface area contributed by atoms with Gasteiger partial charge in [0.25, 0.3) is 0 Å². The molecule has 21 heavy (non-hydrogen) atoms. The molecule has 0 unspecified atom stereocenters. The Bertz CT molecular complexity index is 616. The Hall–Kier alpha value is -2.37. The summed E-state index contributed by atoms with van der Waals surface area (Å²) in [5, 5.41) is 0. The average Bonchev–Trinajstić information content (AvgIpc) is 2.65. The molecule has 110 valence electrons. The number of carbonyl (C=O) groups is 3. The summed E-state index contributed by atoms with van der Waals surface area (Å²) in [6.07, 6.45) is -1.60. The SMILES string of the molecule is CC1(C)C(=O)O[C@@H]2COC(=O)c3ccc(cc3)C(=O)O[C@H]21. The van der Waals surface area contributed by atoms with Gasteiger partial charge in [0.2, 0.25) is 0 Å². The standard InChI is InChI=1S/C15H14O6/c1-15(2)11-10(20-14(15)18)7-19-12(16)8-3-5-9(6-4-8)13(17)21-11/h3-6,10-11H,7H2,1-2H3/t10-,11-/m1/s1. The quantitative estimate of drug-likeness (QED) is 0.530. The molecule has 1 aromatic carbocycles. The molecule has 2 bridgehead atoms. The Morgan fingerprint density at radius 2 is 1.52 bits per heavy atom. The highest BCUT2D eigenvalue weighted by Crippen LogP contribution is 2.37. The molecule has 0 saturated carbocycles. The Kier molecular flexibility index (Phi) is 2.97. The van der Waals surface area contributed by atoms with Crippen molar-refractivity contribution in [2.24, 2.45) is 5.41 Å². The summed E-state index contributed by atoms with van der Waals surface area (Å²) in [5.74, 6) is -1.57. The molecule has 0 aliphatic carbocycles. The van der Waals surface area contributed by atoms with Gasteiger partial charge in [-0.1, -0.05) is 0 Å². The van der Waals surface area contributed by atoms with Crippen LogP contribution in [0.25, 0.3) is 0 Å². The lowest BCUT2D eigenvalue weighted by Crippen LogP contribution is -2.40. The van der Waals surface area contributed by atoms with Crippen molar-refractivity contribution in [1.82, 2.24) is 0 Å². The monoisotopic (exact) mass is 290 g/mol. The van der Waals surface area contributed by atoms with Crippen molar-refractivity contribution in [3.05, 3.63) is 35.4 Å². The average molecular weight is 290 g/mol. The van der Waals surface area contributed by atoms with E-state index in [2.05, 4.69) is 0 Å². The first-order chi connectivity index (χ1) is 9.89. The predicted molar refractivity (Wildman–Crippen MR) is 69.6 cm³/mol. The largest absolute Gasteiger partial charge is 0.458 e.